The number of hydrogen-bond donors (Lipinski definition) is 2. The van der Waals surface area contributed by atoms with Gasteiger partial charge < -0.3 is 15.4 Å². The number of halogens is 2. The van der Waals surface area contributed by atoms with Crippen LogP contribution in [0.25, 0.3) is 5.69 Å². The van der Waals surface area contributed by atoms with E-state index in [1.54, 1.807) is 35.9 Å². The molecule has 2 aromatic carbocycles. The van der Waals surface area contributed by atoms with Gasteiger partial charge in [0, 0.05) is 5.69 Å². The number of esters is 1. The lowest BCUT2D eigenvalue weighted by Gasteiger charge is -2.08. The van der Waals surface area contributed by atoms with Crippen LogP contribution in [-0.4, -0.2) is 40.7 Å². The summed E-state index contributed by atoms with van der Waals surface area (Å²) in [6.45, 7) is 2.77. The Kier molecular flexibility index (Phi) is 7.21. The highest BCUT2D eigenvalue weighted by atomic mass is 35.5. The second-order valence-corrected chi connectivity index (χ2v) is 7.23. The van der Waals surface area contributed by atoms with E-state index in [-0.39, 0.29) is 12.1 Å². The minimum Gasteiger partial charge on any atom is -0.452 e. The van der Waals surface area contributed by atoms with Crippen LogP contribution in [0.3, 0.4) is 0 Å². The van der Waals surface area contributed by atoms with Crippen LogP contribution in [0.15, 0.2) is 48.5 Å². The van der Waals surface area contributed by atoms with Gasteiger partial charge in [-0.25, -0.2) is 13.9 Å². The predicted octanol–water partition coefficient (Wildman–Crippen LogP) is 3.19. The first kappa shape index (κ1) is 23.0. The highest BCUT2D eigenvalue weighted by Crippen LogP contribution is 2.22. The van der Waals surface area contributed by atoms with Gasteiger partial charge in [-0.3, -0.25) is 9.59 Å². The number of nitrogens with one attached hydrogen (secondary N) is 2. The molecule has 0 spiro atoms. The van der Waals surface area contributed by atoms with Crippen LogP contribution >= 0.6 is 11.6 Å². The third-order valence-electron chi connectivity index (χ3n) is 4.46. The molecule has 32 heavy (non-hydrogen) atoms. The number of ether oxygens (including phenoxy) is 1. The largest absolute Gasteiger partial charge is 0.452 e. The van der Waals surface area contributed by atoms with Crippen molar-refractivity contribution in [3.63, 3.8) is 0 Å². The van der Waals surface area contributed by atoms with Crippen molar-refractivity contribution in [2.45, 2.75) is 13.8 Å². The highest BCUT2D eigenvalue weighted by molar-refractivity contribution is 6.31. The maximum atomic E-state index is 12.9. The molecule has 0 fully saturated rings. The number of nitrogens with zero attached hydrogens (tertiary/aromatic N) is 2. The lowest BCUT2D eigenvalue weighted by Crippen LogP contribution is -2.35. The normalized spacial score (nSPS) is 10.5. The molecule has 0 radical (unpaired) electrons. The molecule has 8 nitrogen and oxygen atoms in total. The van der Waals surface area contributed by atoms with Crippen molar-refractivity contribution in [2.75, 3.05) is 18.5 Å². The van der Waals surface area contributed by atoms with Gasteiger partial charge in [-0.15, -0.1) is 0 Å². The van der Waals surface area contributed by atoms with Crippen molar-refractivity contribution in [1.82, 2.24) is 15.1 Å². The molecule has 2 N–H and O–H groups in total. The topological polar surface area (TPSA) is 102 Å². The molecule has 3 rings (SSSR count). The summed E-state index contributed by atoms with van der Waals surface area (Å²) in [5.74, 6) is -2.25. The predicted molar refractivity (Wildman–Crippen MR) is 116 cm³/mol. The quantitative estimate of drug-likeness (QED) is 0.529. The van der Waals surface area contributed by atoms with Crippen molar-refractivity contribution in [2.24, 2.45) is 0 Å². The summed E-state index contributed by atoms with van der Waals surface area (Å²) in [7, 11) is 0. The van der Waals surface area contributed by atoms with E-state index in [1.807, 2.05) is 6.92 Å². The van der Waals surface area contributed by atoms with Crippen LogP contribution < -0.4 is 10.6 Å². The van der Waals surface area contributed by atoms with Gasteiger partial charge in [0.1, 0.15) is 5.82 Å². The fourth-order valence-corrected chi connectivity index (χ4v) is 2.91. The number of benzene rings is 2. The molecule has 0 aliphatic carbocycles. The van der Waals surface area contributed by atoms with Gasteiger partial charge in [0.15, 0.2) is 6.61 Å². The third-order valence-corrected chi connectivity index (χ3v) is 5.01. The molecular formula is C22H20ClFN4O4. The van der Waals surface area contributed by atoms with E-state index in [2.05, 4.69) is 15.7 Å². The van der Waals surface area contributed by atoms with Gasteiger partial charge in [0.25, 0.3) is 5.91 Å². The van der Waals surface area contributed by atoms with Crippen molar-refractivity contribution < 1.29 is 23.5 Å². The van der Waals surface area contributed by atoms with E-state index in [4.69, 9.17) is 16.3 Å². The second-order valence-electron chi connectivity index (χ2n) is 6.85. The number of amides is 2. The molecule has 0 bridgehead atoms. The fourth-order valence-electron chi connectivity index (χ4n) is 2.80. The summed E-state index contributed by atoms with van der Waals surface area (Å²) in [4.78, 5) is 35.8. The van der Waals surface area contributed by atoms with Crippen molar-refractivity contribution in [3.8, 4) is 5.69 Å². The minimum atomic E-state index is -0.686. The molecule has 166 valence electrons. The summed E-state index contributed by atoms with van der Waals surface area (Å²) >= 11 is 6.16. The van der Waals surface area contributed by atoms with Crippen LogP contribution in [-0.2, 0) is 14.3 Å². The zero-order valence-electron chi connectivity index (χ0n) is 17.3. The zero-order valence-corrected chi connectivity index (χ0v) is 18.1. The monoisotopic (exact) mass is 458 g/mol. The van der Waals surface area contributed by atoms with Gasteiger partial charge >= 0.3 is 5.97 Å². The Labute approximate surface area is 188 Å². The maximum absolute atomic E-state index is 12.9. The van der Waals surface area contributed by atoms with Crippen LogP contribution in [0.5, 0.6) is 0 Å². The molecule has 0 saturated carbocycles. The zero-order chi connectivity index (χ0) is 23.3. The molecule has 0 unspecified atom stereocenters. The first-order chi connectivity index (χ1) is 15.2. The average molecular weight is 459 g/mol. The average Bonchev–Trinajstić information content (AvgIpc) is 3.05. The van der Waals surface area contributed by atoms with E-state index in [0.29, 0.717) is 16.4 Å². The van der Waals surface area contributed by atoms with Gasteiger partial charge in [0.2, 0.25) is 5.91 Å². The van der Waals surface area contributed by atoms with E-state index in [9.17, 15) is 18.8 Å². The molecule has 0 aliphatic rings. The number of aromatic nitrogens is 2. The van der Waals surface area contributed by atoms with Crippen LogP contribution in [0.2, 0.25) is 5.02 Å². The summed E-state index contributed by atoms with van der Waals surface area (Å²) in [5, 5.41) is 9.76. The molecule has 1 aromatic heterocycles. The lowest BCUT2D eigenvalue weighted by molar-refractivity contribution is -0.126. The van der Waals surface area contributed by atoms with E-state index >= 15 is 0 Å². The number of aryl methyl sites for hydroxylation is 1. The molecule has 0 atom stereocenters. The minimum absolute atomic E-state index is 0.253. The van der Waals surface area contributed by atoms with Crippen molar-refractivity contribution in [3.05, 3.63) is 76.3 Å². The Morgan fingerprint density at radius 1 is 1.03 bits per heavy atom. The van der Waals surface area contributed by atoms with Gasteiger partial charge in [0.05, 0.1) is 34.2 Å². The summed E-state index contributed by atoms with van der Waals surface area (Å²) in [5.41, 5.74) is 2.84. The molecule has 2 amide bonds. The smallest absolute Gasteiger partial charge is 0.338 e. The van der Waals surface area contributed by atoms with Crippen molar-refractivity contribution >= 4 is 35.1 Å². The Bertz CT molecular complexity index is 1140. The van der Waals surface area contributed by atoms with Gasteiger partial charge in [-0.1, -0.05) is 11.6 Å². The Morgan fingerprint density at radius 2 is 1.69 bits per heavy atom. The summed E-state index contributed by atoms with van der Waals surface area (Å²) < 4.78 is 19.5. The molecule has 0 saturated heterocycles. The van der Waals surface area contributed by atoms with Gasteiger partial charge in [-0.05, 0) is 62.4 Å². The van der Waals surface area contributed by atoms with Crippen molar-refractivity contribution in [1.29, 1.82) is 0 Å². The number of carbonyl (C=O) groups is 3. The standard InChI is InChI=1S/C22H20ClFN4O4/c1-13-21(23)14(2)28(27-13)18-9-3-15(4-10-18)22(31)32-12-20(30)25-11-19(29)26-17-7-5-16(24)6-8-17/h3-10H,11-12H2,1-2H3,(H,25,30)(H,26,29). The Hall–Kier alpha value is -3.72. The van der Waals surface area contributed by atoms with E-state index < -0.39 is 30.2 Å². The number of anilines is 1. The molecule has 3 aromatic rings. The highest BCUT2D eigenvalue weighted by Gasteiger charge is 2.14. The second kappa shape index (κ2) is 10.1. The number of rotatable bonds is 7. The Morgan fingerprint density at radius 3 is 2.28 bits per heavy atom. The summed E-state index contributed by atoms with van der Waals surface area (Å²) in [6.07, 6.45) is 0. The van der Waals surface area contributed by atoms with Crippen LogP contribution in [0.4, 0.5) is 10.1 Å². The Balaban J connectivity index is 1.46. The molecular weight excluding hydrogens is 439 g/mol. The van der Waals surface area contributed by atoms with E-state index in [1.165, 1.54) is 24.3 Å². The summed E-state index contributed by atoms with van der Waals surface area (Å²) in [6, 6.07) is 11.7. The molecule has 0 aliphatic heterocycles. The lowest BCUT2D eigenvalue weighted by atomic mass is 10.2. The maximum Gasteiger partial charge on any atom is 0.338 e. The van der Waals surface area contributed by atoms with E-state index in [0.717, 1.165) is 11.4 Å². The van der Waals surface area contributed by atoms with Gasteiger partial charge in [-0.2, -0.15) is 5.10 Å². The fraction of sp³-hybridized carbons (Fsp3) is 0.182. The SMILES string of the molecule is Cc1nn(-c2ccc(C(=O)OCC(=O)NCC(=O)Nc3ccc(F)cc3)cc2)c(C)c1Cl. The third kappa shape index (κ3) is 5.70. The molecule has 10 heteroatoms. The van der Waals surface area contributed by atoms with Crippen LogP contribution in [0, 0.1) is 19.7 Å². The molecule has 1 heterocycles. The first-order valence-corrected chi connectivity index (χ1v) is 9.94. The number of hydrogen-bond acceptors (Lipinski definition) is 5. The van der Waals surface area contributed by atoms with Crippen LogP contribution in [0.1, 0.15) is 21.7 Å². The number of carbonyl (C=O) groups excluding carboxylic acids is 3. The first-order valence-electron chi connectivity index (χ1n) is 9.56.